The number of anilines is 1. The summed E-state index contributed by atoms with van der Waals surface area (Å²) in [4.78, 5) is 2.39. The van der Waals surface area contributed by atoms with Crippen LogP contribution >= 0.6 is 0 Å². The monoisotopic (exact) mass is 262 g/mol. The van der Waals surface area contributed by atoms with Crippen LogP contribution in [0.1, 0.15) is 45.2 Å². The van der Waals surface area contributed by atoms with E-state index in [0.29, 0.717) is 11.8 Å². The summed E-state index contributed by atoms with van der Waals surface area (Å²) < 4.78 is 0. The lowest BCUT2D eigenvalue weighted by atomic mass is 10.1. The second-order valence-corrected chi connectivity index (χ2v) is 5.94. The number of hydrogen-bond donors (Lipinski definition) is 2. The maximum atomic E-state index is 10.2. The average molecular weight is 262 g/mol. The van der Waals surface area contributed by atoms with Crippen LogP contribution in [0.4, 0.5) is 5.69 Å². The molecule has 1 aromatic carbocycles. The maximum absolute atomic E-state index is 10.2. The summed E-state index contributed by atoms with van der Waals surface area (Å²) >= 11 is 0. The Morgan fingerprint density at radius 2 is 2.00 bits per heavy atom. The number of nitrogens with zero attached hydrogens (tertiary/aromatic N) is 1. The van der Waals surface area contributed by atoms with Crippen LogP contribution in [-0.2, 0) is 0 Å². The Morgan fingerprint density at radius 1 is 1.32 bits per heavy atom. The summed E-state index contributed by atoms with van der Waals surface area (Å²) in [7, 11) is 1.91. The lowest BCUT2D eigenvalue weighted by molar-refractivity contribution is 0.457. The summed E-state index contributed by atoms with van der Waals surface area (Å²) in [5, 5.41) is 13.4. The van der Waals surface area contributed by atoms with Gasteiger partial charge in [-0.1, -0.05) is 6.07 Å². The molecule has 0 spiro atoms. The van der Waals surface area contributed by atoms with Gasteiger partial charge in [0, 0.05) is 35.9 Å². The fourth-order valence-electron chi connectivity index (χ4n) is 2.43. The first kappa shape index (κ1) is 14.2. The molecular formula is C16H26N2O. The highest BCUT2D eigenvalue weighted by molar-refractivity contribution is 5.54. The van der Waals surface area contributed by atoms with Crippen LogP contribution in [0.25, 0.3) is 0 Å². The van der Waals surface area contributed by atoms with E-state index >= 15 is 0 Å². The van der Waals surface area contributed by atoms with Gasteiger partial charge in [-0.2, -0.15) is 0 Å². The largest absolute Gasteiger partial charge is 0.508 e. The molecule has 1 atom stereocenters. The summed E-state index contributed by atoms with van der Waals surface area (Å²) in [6.45, 7) is 7.59. The van der Waals surface area contributed by atoms with E-state index in [2.05, 4.69) is 37.1 Å². The smallest absolute Gasteiger partial charge is 0.122 e. The highest BCUT2D eigenvalue weighted by atomic mass is 16.3. The Labute approximate surface area is 116 Å². The van der Waals surface area contributed by atoms with E-state index in [1.54, 1.807) is 0 Å². The molecule has 0 amide bonds. The molecule has 1 fully saturated rings. The fraction of sp³-hybridized carbons (Fsp3) is 0.625. The van der Waals surface area contributed by atoms with Crippen LogP contribution in [0.2, 0.25) is 0 Å². The average Bonchev–Trinajstić information content (AvgIpc) is 3.18. The molecule has 19 heavy (non-hydrogen) atoms. The molecule has 0 bridgehead atoms. The quantitative estimate of drug-likeness (QED) is 0.825. The molecule has 106 valence electrons. The first-order chi connectivity index (χ1) is 9.02. The van der Waals surface area contributed by atoms with Crippen molar-refractivity contribution in [2.24, 2.45) is 5.92 Å². The number of benzene rings is 1. The van der Waals surface area contributed by atoms with Gasteiger partial charge in [0.1, 0.15) is 5.75 Å². The van der Waals surface area contributed by atoms with Crippen molar-refractivity contribution in [1.82, 2.24) is 5.32 Å². The van der Waals surface area contributed by atoms with Crippen molar-refractivity contribution in [2.75, 3.05) is 18.5 Å². The number of phenolic OH excluding ortho intramolecular Hbond substituents is 1. The van der Waals surface area contributed by atoms with E-state index in [-0.39, 0.29) is 6.04 Å². The van der Waals surface area contributed by atoms with E-state index in [9.17, 15) is 5.11 Å². The number of phenols is 1. The van der Waals surface area contributed by atoms with Gasteiger partial charge in [0.05, 0.1) is 0 Å². The Morgan fingerprint density at radius 3 is 2.47 bits per heavy atom. The van der Waals surface area contributed by atoms with Crippen molar-refractivity contribution in [3.05, 3.63) is 23.8 Å². The molecule has 1 saturated carbocycles. The van der Waals surface area contributed by atoms with Crippen molar-refractivity contribution in [3.8, 4) is 5.75 Å². The lowest BCUT2D eigenvalue weighted by Gasteiger charge is -2.29. The minimum absolute atomic E-state index is 0.171. The predicted octanol–water partition coefficient (Wildman–Crippen LogP) is 3.30. The summed E-state index contributed by atoms with van der Waals surface area (Å²) in [6, 6.07) is 6.71. The Bertz CT molecular complexity index is 427. The van der Waals surface area contributed by atoms with Gasteiger partial charge >= 0.3 is 0 Å². The molecule has 3 heteroatoms. The number of rotatable bonds is 6. The normalized spacial score (nSPS) is 16.7. The second kappa shape index (κ2) is 5.83. The highest BCUT2D eigenvalue weighted by Crippen LogP contribution is 2.34. The fourth-order valence-corrected chi connectivity index (χ4v) is 2.43. The van der Waals surface area contributed by atoms with Crippen LogP contribution in [0.5, 0.6) is 5.75 Å². The molecule has 0 aromatic heterocycles. The second-order valence-electron chi connectivity index (χ2n) is 5.94. The molecule has 2 N–H and O–H groups in total. The summed E-state index contributed by atoms with van der Waals surface area (Å²) in [6.07, 6.45) is 2.70. The Hall–Kier alpha value is -1.22. The van der Waals surface area contributed by atoms with Crippen molar-refractivity contribution < 1.29 is 5.11 Å². The van der Waals surface area contributed by atoms with E-state index in [1.807, 2.05) is 19.2 Å². The SMILES string of the molecule is CNC(C)c1ccc(N(CC2CC2)C(C)C)cc1O. The van der Waals surface area contributed by atoms with Gasteiger partial charge in [-0.15, -0.1) is 0 Å². The van der Waals surface area contributed by atoms with E-state index in [0.717, 1.165) is 23.7 Å². The molecule has 0 heterocycles. The van der Waals surface area contributed by atoms with E-state index < -0.39 is 0 Å². The molecule has 0 saturated heterocycles. The van der Waals surface area contributed by atoms with Gasteiger partial charge in [-0.25, -0.2) is 0 Å². The van der Waals surface area contributed by atoms with Crippen LogP contribution in [-0.4, -0.2) is 24.7 Å². The highest BCUT2D eigenvalue weighted by Gasteiger charge is 2.26. The summed E-state index contributed by atoms with van der Waals surface area (Å²) in [5.41, 5.74) is 2.09. The zero-order chi connectivity index (χ0) is 14.0. The molecule has 3 nitrogen and oxygen atoms in total. The van der Waals surface area contributed by atoms with Gasteiger partial charge in [0.15, 0.2) is 0 Å². The number of aromatic hydroxyl groups is 1. The molecule has 2 rings (SSSR count). The van der Waals surface area contributed by atoms with Crippen molar-refractivity contribution in [1.29, 1.82) is 0 Å². The van der Waals surface area contributed by atoms with Gasteiger partial charge in [0.25, 0.3) is 0 Å². The van der Waals surface area contributed by atoms with Crippen LogP contribution in [0, 0.1) is 5.92 Å². The molecule has 0 aliphatic heterocycles. The van der Waals surface area contributed by atoms with Gasteiger partial charge < -0.3 is 15.3 Å². The van der Waals surface area contributed by atoms with Gasteiger partial charge in [-0.05, 0) is 52.6 Å². The third kappa shape index (κ3) is 3.41. The predicted molar refractivity (Wildman–Crippen MR) is 80.8 cm³/mol. The molecule has 1 unspecified atom stereocenters. The molecular weight excluding hydrogens is 236 g/mol. The minimum Gasteiger partial charge on any atom is -0.508 e. The molecule has 1 aliphatic rings. The van der Waals surface area contributed by atoms with E-state index in [1.165, 1.54) is 12.8 Å². The minimum atomic E-state index is 0.171. The van der Waals surface area contributed by atoms with Crippen molar-refractivity contribution in [3.63, 3.8) is 0 Å². The number of hydrogen-bond acceptors (Lipinski definition) is 3. The Balaban J connectivity index is 2.20. The van der Waals surface area contributed by atoms with Crippen molar-refractivity contribution >= 4 is 5.69 Å². The number of nitrogens with one attached hydrogen (secondary N) is 1. The molecule has 0 radical (unpaired) electrons. The van der Waals surface area contributed by atoms with Gasteiger partial charge in [-0.3, -0.25) is 0 Å². The van der Waals surface area contributed by atoms with Crippen LogP contribution in [0.3, 0.4) is 0 Å². The topological polar surface area (TPSA) is 35.5 Å². The van der Waals surface area contributed by atoms with Crippen molar-refractivity contribution in [2.45, 2.75) is 45.7 Å². The first-order valence-electron chi connectivity index (χ1n) is 7.29. The first-order valence-corrected chi connectivity index (χ1v) is 7.29. The summed E-state index contributed by atoms with van der Waals surface area (Å²) in [5.74, 6) is 1.24. The molecule has 1 aromatic rings. The van der Waals surface area contributed by atoms with Crippen LogP contribution in [0.15, 0.2) is 18.2 Å². The third-order valence-corrected chi connectivity index (χ3v) is 4.02. The Kier molecular flexibility index (Phi) is 4.35. The molecule has 1 aliphatic carbocycles. The zero-order valence-corrected chi connectivity index (χ0v) is 12.5. The maximum Gasteiger partial charge on any atom is 0.122 e. The zero-order valence-electron chi connectivity index (χ0n) is 12.5. The standard InChI is InChI=1S/C16H26N2O/c1-11(2)18(10-13-5-6-13)14-7-8-15(12(3)17-4)16(19)9-14/h7-9,11-13,17,19H,5-6,10H2,1-4H3. The van der Waals surface area contributed by atoms with Crippen LogP contribution < -0.4 is 10.2 Å². The van der Waals surface area contributed by atoms with E-state index in [4.69, 9.17) is 0 Å². The van der Waals surface area contributed by atoms with Gasteiger partial charge in [0.2, 0.25) is 0 Å². The lowest BCUT2D eigenvalue weighted by Crippen LogP contribution is -2.32. The third-order valence-electron chi connectivity index (χ3n) is 4.02.